The third-order valence-corrected chi connectivity index (χ3v) is 16.9. The van der Waals surface area contributed by atoms with E-state index in [0.717, 1.165) is 64.2 Å². The second-order valence-electron chi connectivity index (χ2n) is 24.3. The number of aliphatic hydroxyl groups excluding tert-OH is 6. The molecule has 2 aliphatic rings. The molecule has 0 aromatic heterocycles. The lowest BCUT2D eigenvalue weighted by molar-refractivity contribution is -0.374. The largest absolute Gasteiger partial charge is 0.455 e. The Morgan fingerprint density at radius 2 is 0.886 bits per heavy atom. The summed E-state index contributed by atoms with van der Waals surface area (Å²) in [4.78, 5) is 27.6. The van der Waals surface area contributed by atoms with Gasteiger partial charge in [-0.25, -0.2) is 4.18 Å². The number of unbranched alkanes of at least 4 members (excludes halogenated alkanes) is 26. The van der Waals surface area contributed by atoms with Crippen LogP contribution in [-0.2, 0) is 47.9 Å². The highest BCUT2D eigenvalue weighted by Gasteiger charge is 2.55. The molecule has 2 fully saturated rings. The molecule has 0 aliphatic carbocycles. The van der Waals surface area contributed by atoms with Crippen molar-refractivity contribution in [2.24, 2.45) is 29.6 Å². The van der Waals surface area contributed by atoms with Crippen LogP contribution in [0.25, 0.3) is 0 Å². The minimum absolute atomic E-state index is 0.0275. The van der Waals surface area contributed by atoms with E-state index < -0.39 is 103 Å². The topological polar surface area (TPSA) is 265 Å². The molecule has 0 bridgehead atoms. The molecular formula is C61H116O17S. The van der Waals surface area contributed by atoms with Crippen LogP contribution < -0.4 is 0 Å². The maximum atomic E-state index is 14.1. The van der Waals surface area contributed by atoms with Gasteiger partial charge in [0.15, 0.2) is 24.6 Å². The van der Waals surface area contributed by atoms with Gasteiger partial charge in [-0.3, -0.25) is 14.1 Å². The fourth-order valence-corrected chi connectivity index (χ4v) is 12.3. The number of ether oxygens (including phenoxy) is 5. The van der Waals surface area contributed by atoms with Crippen LogP contribution in [0.4, 0.5) is 0 Å². The van der Waals surface area contributed by atoms with Crippen molar-refractivity contribution in [1.82, 2.24) is 0 Å². The van der Waals surface area contributed by atoms with Crippen molar-refractivity contribution in [3.8, 4) is 0 Å². The van der Waals surface area contributed by atoms with E-state index in [1.807, 2.05) is 6.92 Å². The second kappa shape index (κ2) is 43.1. The first-order valence-corrected chi connectivity index (χ1v) is 33.1. The molecule has 0 aromatic carbocycles. The lowest BCUT2D eigenvalue weighted by atomic mass is 9.82. The number of hydrogen-bond donors (Lipinski definition) is 7. The second-order valence-corrected chi connectivity index (χ2v) is 25.4. The van der Waals surface area contributed by atoms with Crippen molar-refractivity contribution in [3.63, 3.8) is 0 Å². The lowest BCUT2D eigenvalue weighted by Gasteiger charge is -2.46. The Morgan fingerprint density at radius 1 is 0.494 bits per heavy atom. The quantitative estimate of drug-likeness (QED) is 0.0170. The van der Waals surface area contributed by atoms with Gasteiger partial charge in [-0.15, -0.1) is 0 Å². The summed E-state index contributed by atoms with van der Waals surface area (Å²) in [7, 11) is -5.32. The Morgan fingerprint density at radius 3 is 1.33 bits per heavy atom. The molecule has 0 saturated carbocycles. The number of rotatable bonds is 48. The molecule has 0 spiro atoms. The summed E-state index contributed by atoms with van der Waals surface area (Å²) < 4.78 is 67.3. The number of aliphatic hydroxyl groups is 6. The SMILES string of the molecule is CCCCCCCCCCCCCCCCCC(=O)OC1C(O)C(CO)OC(OC2OC(CO)C(O)C(O)C2OS(=O)(=O)O)C1OC(=O)C(C)CC(C)CC(C)CC(C)CC(C)C(O)CCCCCCCCCCCCCCC. The monoisotopic (exact) mass is 1150 g/mol. The Balaban J connectivity index is 2.02. The Labute approximate surface area is 478 Å². The average molecular weight is 1150 g/mol. The van der Waals surface area contributed by atoms with Gasteiger partial charge in [-0.05, 0) is 62.2 Å². The first-order chi connectivity index (χ1) is 37.8. The molecule has 2 heterocycles. The minimum atomic E-state index is -5.32. The summed E-state index contributed by atoms with van der Waals surface area (Å²) in [6, 6.07) is 0. The first kappa shape index (κ1) is 73.6. The Kier molecular flexibility index (Phi) is 40.2. The van der Waals surface area contributed by atoms with Gasteiger partial charge in [0.25, 0.3) is 0 Å². The van der Waals surface area contributed by atoms with Crippen LogP contribution in [0.1, 0.15) is 267 Å². The van der Waals surface area contributed by atoms with Crippen LogP contribution in [0.5, 0.6) is 0 Å². The van der Waals surface area contributed by atoms with Crippen LogP contribution in [0.2, 0.25) is 0 Å². The minimum Gasteiger partial charge on any atom is -0.455 e. The van der Waals surface area contributed by atoms with Crippen molar-refractivity contribution in [2.45, 2.75) is 334 Å². The van der Waals surface area contributed by atoms with Crippen LogP contribution in [0.15, 0.2) is 0 Å². The van der Waals surface area contributed by atoms with E-state index in [2.05, 4.69) is 38.8 Å². The molecule has 79 heavy (non-hydrogen) atoms. The molecule has 0 aromatic rings. The van der Waals surface area contributed by atoms with Crippen LogP contribution in [-0.4, -0.2) is 136 Å². The number of carbonyl (C=O) groups excluding carboxylic acids is 2. The van der Waals surface area contributed by atoms with Gasteiger partial charge in [0.1, 0.15) is 30.5 Å². The molecule has 2 saturated heterocycles. The molecule has 16 unspecified atom stereocenters. The van der Waals surface area contributed by atoms with E-state index in [-0.39, 0.29) is 24.4 Å². The fourth-order valence-electron chi connectivity index (χ4n) is 11.9. The third-order valence-electron chi connectivity index (χ3n) is 16.4. The van der Waals surface area contributed by atoms with E-state index >= 15 is 0 Å². The van der Waals surface area contributed by atoms with E-state index in [9.17, 15) is 53.2 Å². The van der Waals surface area contributed by atoms with E-state index in [0.29, 0.717) is 24.7 Å². The highest BCUT2D eigenvalue weighted by atomic mass is 32.3. The van der Waals surface area contributed by atoms with E-state index in [1.54, 1.807) is 6.92 Å². The standard InChI is InChI=1S/C61H116O17S/c1-8-10-12-14-16-18-20-22-23-25-27-29-31-33-35-37-52(65)75-56-54(67)51(43-63)74-61(77-60-57(78-79(70,71)72)55(68)53(66)50(42-62)73-60)58(56)76-59(69)48(7)41-46(5)39-44(3)38-45(4)40-47(6)49(64)36-34-32-30-28-26-24-21-19-17-15-13-11-9-2/h44-51,53-58,60-64,66-68H,8-43H2,1-7H3,(H,70,71,72). The highest BCUT2D eigenvalue weighted by molar-refractivity contribution is 7.80. The van der Waals surface area contributed by atoms with Crippen LogP contribution in [0.3, 0.4) is 0 Å². The number of esters is 2. The number of hydrogen-bond acceptors (Lipinski definition) is 16. The zero-order valence-electron chi connectivity index (χ0n) is 50.3. The summed E-state index contributed by atoms with van der Waals surface area (Å²) in [6.07, 6.45) is 19.1. The molecule has 2 aliphatic heterocycles. The Hall–Kier alpha value is -1.55. The van der Waals surface area contributed by atoms with Gasteiger partial charge in [0.2, 0.25) is 6.29 Å². The van der Waals surface area contributed by atoms with Crippen molar-refractivity contribution >= 4 is 22.3 Å². The van der Waals surface area contributed by atoms with Gasteiger partial charge >= 0.3 is 22.3 Å². The molecule has 0 radical (unpaired) electrons. The van der Waals surface area contributed by atoms with Crippen molar-refractivity contribution in [3.05, 3.63) is 0 Å². The zero-order chi connectivity index (χ0) is 58.6. The van der Waals surface area contributed by atoms with Gasteiger partial charge in [0.05, 0.1) is 25.2 Å². The van der Waals surface area contributed by atoms with Gasteiger partial charge in [-0.2, -0.15) is 8.42 Å². The summed E-state index contributed by atoms with van der Waals surface area (Å²) in [6.45, 7) is 13.0. The first-order valence-electron chi connectivity index (χ1n) is 31.7. The summed E-state index contributed by atoms with van der Waals surface area (Å²) in [5.41, 5.74) is 0. The molecule has 17 nitrogen and oxygen atoms in total. The van der Waals surface area contributed by atoms with Gasteiger partial charge in [0, 0.05) is 6.42 Å². The molecule has 0 amide bonds. The van der Waals surface area contributed by atoms with Crippen molar-refractivity contribution in [1.29, 1.82) is 0 Å². The molecule has 2 rings (SSSR count). The van der Waals surface area contributed by atoms with Crippen LogP contribution in [0, 0.1) is 29.6 Å². The molecular weight excluding hydrogens is 1040 g/mol. The normalized spacial score (nSPS) is 26.1. The lowest BCUT2D eigenvalue weighted by Crippen LogP contribution is -2.65. The fraction of sp³-hybridized carbons (Fsp3) is 0.967. The zero-order valence-corrected chi connectivity index (χ0v) is 51.1. The van der Waals surface area contributed by atoms with Gasteiger partial charge in [-0.1, -0.05) is 222 Å². The van der Waals surface area contributed by atoms with Crippen LogP contribution >= 0.6 is 0 Å². The molecule has 7 N–H and O–H groups in total. The molecule has 18 heteroatoms. The molecule has 468 valence electrons. The summed E-state index contributed by atoms with van der Waals surface area (Å²) in [5, 5.41) is 64.2. The summed E-state index contributed by atoms with van der Waals surface area (Å²) in [5.74, 6) is -1.29. The van der Waals surface area contributed by atoms with Gasteiger partial charge < -0.3 is 54.3 Å². The maximum absolute atomic E-state index is 14.1. The maximum Gasteiger partial charge on any atom is 0.397 e. The highest BCUT2D eigenvalue weighted by Crippen LogP contribution is 2.35. The predicted octanol–water partition coefficient (Wildman–Crippen LogP) is 11.4. The predicted molar refractivity (Wildman–Crippen MR) is 307 cm³/mol. The Bertz CT molecular complexity index is 1640. The smallest absolute Gasteiger partial charge is 0.397 e. The van der Waals surface area contributed by atoms with Crippen molar-refractivity contribution in [2.75, 3.05) is 13.2 Å². The van der Waals surface area contributed by atoms with E-state index in [1.165, 1.54) is 135 Å². The summed E-state index contributed by atoms with van der Waals surface area (Å²) >= 11 is 0. The third kappa shape index (κ3) is 31.8. The van der Waals surface area contributed by atoms with Crippen molar-refractivity contribution < 1.29 is 81.1 Å². The number of carbonyl (C=O) groups is 2. The van der Waals surface area contributed by atoms with E-state index in [4.69, 9.17) is 23.7 Å². The average Bonchev–Trinajstić information content (AvgIpc) is 3.40. The molecule has 16 atom stereocenters.